The van der Waals surface area contributed by atoms with Crippen molar-refractivity contribution >= 4 is 0 Å². The lowest BCUT2D eigenvalue weighted by Crippen LogP contribution is -2.54. The average molecular weight is 211 g/mol. The quantitative estimate of drug-likeness (QED) is 0.741. The average Bonchev–Trinajstić information content (AvgIpc) is 2.79. The van der Waals surface area contributed by atoms with E-state index in [1.165, 1.54) is 0 Å². The van der Waals surface area contributed by atoms with E-state index in [4.69, 9.17) is 5.11 Å². The molecule has 0 heterocycles. The molecule has 0 aromatic rings. The Hall–Kier alpha value is -0.290. The zero-order chi connectivity index (χ0) is 11.0. The molecule has 1 saturated carbocycles. The summed E-state index contributed by atoms with van der Waals surface area (Å²) >= 11 is 0. The molecule has 1 atom stereocenters. The van der Waals surface area contributed by atoms with Crippen molar-refractivity contribution in [2.75, 3.05) is 13.2 Å². The highest BCUT2D eigenvalue weighted by Crippen LogP contribution is 2.53. The molecule has 0 aliphatic heterocycles. The third-order valence-electron chi connectivity index (χ3n) is 3.33. The molecule has 1 aliphatic rings. The zero-order valence-corrected chi connectivity index (χ0v) is 8.41. The fourth-order valence-corrected chi connectivity index (χ4v) is 1.49. The second-order valence-corrected chi connectivity index (χ2v) is 4.52. The van der Waals surface area contributed by atoms with Crippen LogP contribution in [0.25, 0.3) is 0 Å². The standard InChI is InChI=1S/C9H16F3NO/c1-7(3-4-7)8(2,6-14)13-5-9(10,11)12/h13-14H,3-6H2,1-2H3. The van der Waals surface area contributed by atoms with Gasteiger partial charge in [-0.15, -0.1) is 0 Å². The number of aliphatic hydroxyl groups excluding tert-OH is 1. The van der Waals surface area contributed by atoms with Crippen LogP contribution in [-0.2, 0) is 0 Å². The normalized spacial score (nSPS) is 24.4. The van der Waals surface area contributed by atoms with E-state index >= 15 is 0 Å². The molecule has 1 unspecified atom stereocenters. The summed E-state index contributed by atoms with van der Waals surface area (Å²) in [6, 6.07) is 0. The van der Waals surface area contributed by atoms with Gasteiger partial charge in [0.2, 0.25) is 0 Å². The van der Waals surface area contributed by atoms with Crippen LogP contribution in [0.15, 0.2) is 0 Å². The van der Waals surface area contributed by atoms with E-state index in [1.54, 1.807) is 6.92 Å². The van der Waals surface area contributed by atoms with Crippen LogP contribution >= 0.6 is 0 Å². The second kappa shape index (κ2) is 3.38. The third kappa shape index (κ3) is 2.39. The van der Waals surface area contributed by atoms with Gasteiger partial charge in [-0.1, -0.05) is 6.92 Å². The molecule has 1 fully saturated rings. The lowest BCUT2D eigenvalue weighted by atomic mass is 9.84. The molecule has 0 bridgehead atoms. The topological polar surface area (TPSA) is 32.3 Å². The van der Waals surface area contributed by atoms with Crippen molar-refractivity contribution in [3.63, 3.8) is 0 Å². The van der Waals surface area contributed by atoms with Crippen LogP contribution in [0.5, 0.6) is 0 Å². The molecule has 2 nitrogen and oxygen atoms in total. The number of aliphatic hydroxyl groups is 1. The lowest BCUT2D eigenvalue weighted by molar-refractivity contribution is -0.131. The van der Waals surface area contributed by atoms with Crippen LogP contribution < -0.4 is 5.32 Å². The highest BCUT2D eigenvalue weighted by Gasteiger charge is 2.53. The molecule has 0 spiro atoms. The molecule has 0 aromatic carbocycles. The minimum absolute atomic E-state index is 0.188. The Morgan fingerprint density at radius 1 is 1.36 bits per heavy atom. The second-order valence-electron chi connectivity index (χ2n) is 4.52. The van der Waals surface area contributed by atoms with E-state index in [9.17, 15) is 13.2 Å². The predicted octanol–water partition coefficient (Wildman–Crippen LogP) is 1.69. The zero-order valence-electron chi connectivity index (χ0n) is 8.41. The van der Waals surface area contributed by atoms with Gasteiger partial charge in [0.15, 0.2) is 0 Å². The van der Waals surface area contributed by atoms with Crippen LogP contribution in [0.4, 0.5) is 13.2 Å². The first-order valence-electron chi connectivity index (χ1n) is 4.65. The minimum atomic E-state index is -4.22. The van der Waals surface area contributed by atoms with Crippen molar-refractivity contribution in [1.29, 1.82) is 0 Å². The van der Waals surface area contributed by atoms with Gasteiger partial charge in [-0.2, -0.15) is 13.2 Å². The van der Waals surface area contributed by atoms with Crippen molar-refractivity contribution in [1.82, 2.24) is 5.32 Å². The number of alkyl halides is 3. The Morgan fingerprint density at radius 2 is 1.86 bits per heavy atom. The summed E-state index contributed by atoms with van der Waals surface area (Å²) in [5.41, 5.74) is -1.00. The Morgan fingerprint density at radius 3 is 2.14 bits per heavy atom. The van der Waals surface area contributed by atoms with Gasteiger partial charge in [0.1, 0.15) is 0 Å². The number of nitrogens with one attached hydrogen (secondary N) is 1. The molecule has 0 amide bonds. The molecule has 1 aliphatic carbocycles. The molecule has 1 rings (SSSR count). The SMILES string of the molecule is CC1(C(C)(CO)NCC(F)(F)F)CC1. The van der Waals surface area contributed by atoms with Crippen LogP contribution in [0.3, 0.4) is 0 Å². The number of hydrogen-bond acceptors (Lipinski definition) is 2. The fourth-order valence-electron chi connectivity index (χ4n) is 1.49. The van der Waals surface area contributed by atoms with E-state index < -0.39 is 18.3 Å². The Bertz CT molecular complexity index is 213. The van der Waals surface area contributed by atoms with E-state index in [2.05, 4.69) is 5.32 Å². The number of rotatable bonds is 4. The summed E-state index contributed by atoms with van der Waals surface area (Å²) in [5, 5.41) is 11.5. The van der Waals surface area contributed by atoms with E-state index in [1.807, 2.05) is 6.92 Å². The third-order valence-corrected chi connectivity index (χ3v) is 3.33. The van der Waals surface area contributed by atoms with Crippen molar-refractivity contribution in [3.05, 3.63) is 0 Å². The molecule has 0 aromatic heterocycles. The van der Waals surface area contributed by atoms with Gasteiger partial charge in [0.25, 0.3) is 0 Å². The Kier molecular flexibility index (Phi) is 2.84. The molecule has 0 radical (unpaired) electrons. The fraction of sp³-hybridized carbons (Fsp3) is 1.00. The monoisotopic (exact) mass is 211 g/mol. The summed E-state index contributed by atoms with van der Waals surface area (Å²) in [4.78, 5) is 0. The molecule has 14 heavy (non-hydrogen) atoms. The van der Waals surface area contributed by atoms with Gasteiger partial charge in [-0.05, 0) is 25.2 Å². The highest BCUT2D eigenvalue weighted by molar-refractivity contribution is 5.07. The van der Waals surface area contributed by atoms with Gasteiger partial charge >= 0.3 is 6.18 Å². The molecule has 84 valence electrons. The maximum absolute atomic E-state index is 12.0. The van der Waals surface area contributed by atoms with Crippen LogP contribution in [0, 0.1) is 5.41 Å². The van der Waals surface area contributed by atoms with Crippen LogP contribution in [-0.4, -0.2) is 30.0 Å². The molecule has 2 N–H and O–H groups in total. The van der Waals surface area contributed by atoms with Gasteiger partial charge < -0.3 is 10.4 Å². The number of halogens is 3. The van der Waals surface area contributed by atoms with Crippen LogP contribution in [0.2, 0.25) is 0 Å². The summed E-state index contributed by atoms with van der Waals surface area (Å²) in [7, 11) is 0. The van der Waals surface area contributed by atoms with Crippen molar-refractivity contribution in [2.45, 2.75) is 38.4 Å². The summed E-state index contributed by atoms with van der Waals surface area (Å²) in [5.74, 6) is 0. The van der Waals surface area contributed by atoms with Crippen molar-refractivity contribution < 1.29 is 18.3 Å². The largest absolute Gasteiger partial charge is 0.401 e. The van der Waals surface area contributed by atoms with Crippen LogP contribution in [0.1, 0.15) is 26.7 Å². The van der Waals surface area contributed by atoms with Gasteiger partial charge in [0.05, 0.1) is 13.2 Å². The van der Waals surface area contributed by atoms with Gasteiger partial charge in [-0.25, -0.2) is 0 Å². The van der Waals surface area contributed by atoms with E-state index in [0.29, 0.717) is 0 Å². The number of hydrogen-bond donors (Lipinski definition) is 2. The lowest BCUT2D eigenvalue weighted by Gasteiger charge is -2.35. The maximum Gasteiger partial charge on any atom is 0.401 e. The van der Waals surface area contributed by atoms with Gasteiger partial charge in [0, 0.05) is 5.54 Å². The molecule has 0 saturated heterocycles. The first-order chi connectivity index (χ1) is 6.22. The summed E-state index contributed by atoms with van der Waals surface area (Å²) < 4.78 is 36.0. The predicted molar refractivity (Wildman–Crippen MR) is 46.9 cm³/mol. The molecular weight excluding hydrogens is 195 g/mol. The Labute approximate surface area is 81.5 Å². The smallest absolute Gasteiger partial charge is 0.394 e. The Balaban J connectivity index is 2.54. The van der Waals surface area contributed by atoms with Gasteiger partial charge in [-0.3, -0.25) is 0 Å². The molecule has 5 heteroatoms. The van der Waals surface area contributed by atoms with E-state index in [0.717, 1.165) is 12.8 Å². The molecular formula is C9H16F3NO. The van der Waals surface area contributed by atoms with Crippen molar-refractivity contribution in [2.24, 2.45) is 5.41 Å². The van der Waals surface area contributed by atoms with Crippen molar-refractivity contribution in [3.8, 4) is 0 Å². The summed E-state index contributed by atoms with van der Waals surface area (Å²) in [6.45, 7) is 2.23. The summed E-state index contributed by atoms with van der Waals surface area (Å²) in [6.07, 6.45) is -2.48. The minimum Gasteiger partial charge on any atom is -0.394 e. The highest BCUT2D eigenvalue weighted by atomic mass is 19.4. The van der Waals surface area contributed by atoms with E-state index in [-0.39, 0.29) is 12.0 Å². The first kappa shape index (κ1) is 11.8. The first-order valence-corrected chi connectivity index (χ1v) is 4.65. The maximum atomic E-state index is 12.0.